The van der Waals surface area contributed by atoms with E-state index in [9.17, 15) is 52.4 Å². The lowest BCUT2D eigenvalue weighted by Gasteiger charge is -2.38. The monoisotopic (exact) mass is 1170 g/mol. The molecule has 446 valence electrons. The maximum absolute atomic E-state index is 13.7. The number of rotatable bonds is 14. The summed E-state index contributed by atoms with van der Waals surface area (Å²) in [6.07, 6.45) is 15.4. The van der Waals surface area contributed by atoms with Crippen molar-refractivity contribution >= 4 is 46.0 Å². The Balaban J connectivity index is 0.000000177. The van der Waals surface area contributed by atoms with Crippen molar-refractivity contribution in [3.8, 4) is 22.5 Å². The first kappa shape index (κ1) is 57.8. The Morgan fingerprint density at radius 1 is 0.612 bits per heavy atom. The molecule has 4 N–H and O–H groups in total. The van der Waals surface area contributed by atoms with Gasteiger partial charge in [-0.15, -0.1) is 0 Å². The third-order valence-corrected chi connectivity index (χ3v) is 16.8. The molecule has 4 amide bonds. The number of nitrogens with one attached hydrogen (secondary N) is 4. The van der Waals surface area contributed by atoms with Crippen LogP contribution in [0.2, 0.25) is 0 Å². The molecule has 8 aromatic rings. The molecular formula is C58H64F4N16O7. The maximum atomic E-state index is 13.7. The SMILES string of the molecule is CCn1nccc1C(=O)N[C@H](c1nc2c(ccc(-c3c[n+]([O-])ccc3C(=O)N3CC(F)(F)C3)[n+]2[O-])[nH]1)C1CCC(C)CC1.CCn1nccc1C(=O)N[C@H](c1nc2nc(-c3c[n+]([O-])ccc3C(=O)N3CC(F)(F)C3)ccc2[nH]1)C1CCC(C)CC1. The van der Waals surface area contributed by atoms with Crippen LogP contribution >= 0.6 is 0 Å². The fraction of sp³-hybridized carbons (Fsp3) is 0.448. The van der Waals surface area contributed by atoms with Gasteiger partial charge < -0.3 is 46.0 Å². The molecule has 0 aromatic carbocycles. The van der Waals surface area contributed by atoms with Gasteiger partial charge in [0, 0.05) is 37.6 Å². The molecule has 0 unspecified atom stereocenters. The normalized spacial score (nSPS) is 20.6. The van der Waals surface area contributed by atoms with E-state index in [2.05, 4.69) is 54.6 Å². The molecule has 12 rings (SSSR count). The summed E-state index contributed by atoms with van der Waals surface area (Å²) in [5, 5.41) is 52.8. The molecule has 2 aliphatic carbocycles. The van der Waals surface area contributed by atoms with Gasteiger partial charge in [0.25, 0.3) is 35.5 Å². The van der Waals surface area contributed by atoms with Gasteiger partial charge in [0.15, 0.2) is 30.4 Å². The number of carbonyl (C=O) groups excluding carboxylic acids is 4. The van der Waals surface area contributed by atoms with Gasteiger partial charge in [-0.3, -0.25) is 28.5 Å². The molecule has 4 aliphatic rings. The highest BCUT2D eigenvalue weighted by molar-refractivity contribution is 6.01. The second kappa shape index (κ2) is 23.2. The van der Waals surface area contributed by atoms with Crippen molar-refractivity contribution in [1.29, 1.82) is 0 Å². The third kappa shape index (κ3) is 11.9. The van der Waals surface area contributed by atoms with Gasteiger partial charge in [0.2, 0.25) is 5.82 Å². The Hall–Kier alpha value is -9.04. The number of hydrogen-bond acceptors (Lipinski definition) is 12. The zero-order valence-corrected chi connectivity index (χ0v) is 47.2. The summed E-state index contributed by atoms with van der Waals surface area (Å²) < 4.78 is 58.5. The van der Waals surface area contributed by atoms with E-state index in [0.717, 1.165) is 79.8 Å². The number of aromatic nitrogens is 12. The van der Waals surface area contributed by atoms with Crippen LogP contribution in [0.5, 0.6) is 0 Å². The summed E-state index contributed by atoms with van der Waals surface area (Å²) in [5.74, 6) is -5.31. The van der Waals surface area contributed by atoms with E-state index in [1.165, 1.54) is 24.4 Å². The first-order chi connectivity index (χ1) is 40.7. The van der Waals surface area contributed by atoms with E-state index < -0.39 is 61.9 Å². The molecule has 0 radical (unpaired) electrons. The summed E-state index contributed by atoms with van der Waals surface area (Å²) in [7, 11) is 0. The highest BCUT2D eigenvalue weighted by Gasteiger charge is 2.48. The largest absolute Gasteiger partial charge is 0.710 e. The van der Waals surface area contributed by atoms with Gasteiger partial charge >= 0.3 is 5.65 Å². The Morgan fingerprint density at radius 2 is 1.07 bits per heavy atom. The lowest BCUT2D eigenvalue weighted by atomic mass is 9.79. The van der Waals surface area contributed by atoms with Crippen LogP contribution in [0.15, 0.2) is 85.7 Å². The predicted molar refractivity (Wildman–Crippen MR) is 298 cm³/mol. The van der Waals surface area contributed by atoms with Crippen LogP contribution in [0.1, 0.15) is 144 Å². The number of H-pyrrole nitrogens is 2. The fourth-order valence-electron chi connectivity index (χ4n) is 12.0. The summed E-state index contributed by atoms with van der Waals surface area (Å²) in [6, 6.07) is 11.4. The van der Waals surface area contributed by atoms with Crippen LogP contribution in [0.25, 0.3) is 44.8 Å². The molecule has 0 spiro atoms. The number of halogens is 4. The van der Waals surface area contributed by atoms with Crippen LogP contribution in [-0.4, -0.2) is 116 Å². The lowest BCUT2D eigenvalue weighted by Crippen LogP contribution is -2.58. The Kier molecular flexibility index (Phi) is 15.8. The first-order valence-corrected chi connectivity index (χ1v) is 28.6. The van der Waals surface area contributed by atoms with Gasteiger partial charge in [-0.25, -0.2) is 32.3 Å². The van der Waals surface area contributed by atoms with Gasteiger partial charge in [-0.05, 0) is 105 Å². The number of likely N-dealkylation sites (tertiary alicyclic amines) is 2. The van der Waals surface area contributed by atoms with Gasteiger partial charge in [-0.2, -0.15) is 19.7 Å². The number of hydrogen-bond donors (Lipinski definition) is 4. The summed E-state index contributed by atoms with van der Waals surface area (Å²) in [6.45, 7) is 6.54. The number of alkyl halides is 4. The quantitative estimate of drug-likeness (QED) is 0.0488. The van der Waals surface area contributed by atoms with E-state index in [1.54, 1.807) is 52.1 Å². The van der Waals surface area contributed by atoms with Crippen molar-refractivity contribution in [2.24, 2.45) is 23.7 Å². The molecule has 85 heavy (non-hydrogen) atoms. The maximum Gasteiger partial charge on any atom is 0.352 e. The first-order valence-electron chi connectivity index (χ1n) is 28.6. The Labute approximate surface area is 484 Å². The summed E-state index contributed by atoms with van der Waals surface area (Å²) in [5.41, 5.74) is 2.81. The van der Waals surface area contributed by atoms with Crippen molar-refractivity contribution < 1.29 is 50.9 Å². The van der Waals surface area contributed by atoms with Gasteiger partial charge in [-0.1, -0.05) is 39.5 Å². The van der Waals surface area contributed by atoms with Crippen LogP contribution in [0.4, 0.5) is 17.6 Å². The average Bonchev–Trinajstić information content (AvgIpc) is 2.36. The van der Waals surface area contributed by atoms with E-state index >= 15 is 0 Å². The van der Waals surface area contributed by atoms with Crippen molar-refractivity contribution in [1.82, 2.24) is 64.9 Å². The molecular weight excluding hydrogens is 1110 g/mol. The van der Waals surface area contributed by atoms with Crippen molar-refractivity contribution in [3.63, 3.8) is 0 Å². The summed E-state index contributed by atoms with van der Waals surface area (Å²) >= 11 is 0. The van der Waals surface area contributed by atoms with Crippen molar-refractivity contribution in [2.75, 3.05) is 26.2 Å². The summed E-state index contributed by atoms with van der Waals surface area (Å²) in [4.78, 5) is 75.3. The third-order valence-electron chi connectivity index (χ3n) is 16.8. The Morgan fingerprint density at radius 3 is 1.56 bits per heavy atom. The van der Waals surface area contributed by atoms with E-state index in [4.69, 9.17) is 4.98 Å². The van der Waals surface area contributed by atoms with E-state index in [1.807, 2.05) is 13.8 Å². The molecule has 27 heteroatoms. The molecule has 4 fully saturated rings. The zero-order chi connectivity index (χ0) is 60.1. The van der Waals surface area contributed by atoms with Crippen LogP contribution in [0.3, 0.4) is 0 Å². The molecule has 2 atom stereocenters. The number of fused-ring (bicyclic) bond motifs is 2. The number of aromatic amines is 2. The number of carbonyl (C=O) groups is 4. The predicted octanol–water partition coefficient (Wildman–Crippen LogP) is 6.96. The van der Waals surface area contributed by atoms with E-state index in [0.29, 0.717) is 84.5 Å². The number of aryl methyl sites for hydroxylation is 2. The molecule has 10 heterocycles. The second-order valence-electron chi connectivity index (χ2n) is 22.9. The molecule has 2 saturated carbocycles. The standard InChI is InChI=1S/C29H32F2N8O4.C29H32F2N8O3/c1-3-38-23(10-12-32-38)27(40)34-24(18-6-4-17(2)5-7-18)25-33-21-8-9-22(39(43)26(21)35-25)20-14-37(42)13-11-19(20)28(41)36-15-29(30,31)16-36;1-3-39-23(10-12-32-39)27(40)35-24(18-6-4-17(2)5-7-18)26-34-22-9-8-21(33-25(22)36-26)20-14-38(42)13-11-19(20)28(41)37-15-29(30,31)16-37/h8-14,17-18,24H,3-7,15-16H2,1-2H3,(H,33,35)(H,34,40);8-14,17-18,24H,3-7,15-16H2,1-2H3,(H,35,40)(H,33,34,36)/t2*17?,18?,24-/m00/s1. The zero-order valence-electron chi connectivity index (χ0n) is 47.2. The molecule has 2 saturated heterocycles. The highest BCUT2D eigenvalue weighted by Crippen LogP contribution is 2.39. The van der Waals surface area contributed by atoms with E-state index in [-0.39, 0.29) is 57.2 Å². The average molecular weight is 1170 g/mol. The molecule has 8 aromatic heterocycles. The highest BCUT2D eigenvalue weighted by atomic mass is 19.3. The van der Waals surface area contributed by atoms with Gasteiger partial charge in [0.1, 0.15) is 34.5 Å². The topological polar surface area (TPSA) is 286 Å². The Bertz CT molecular complexity index is 3810. The number of imidazole rings is 2. The molecule has 23 nitrogen and oxygen atoms in total. The number of pyridine rings is 4. The van der Waals surface area contributed by atoms with Crippen LogP contribution < -0.4 is 24.8 Å². The minimum Gasteiger partial charge on any atom is -0.710 e. The minimum atomic E-state index is -2.97. The van der Waals surface area contributed by atoms with Crippen LogP contribution in [-0.2, 0) is 13.1 Å². The smallest absolute Gasteiger partial charge is 0.352 e. The molecule has 2 aliphatic heterocycles. The van der Waals surface area contributed by atoms with Crippen molar-refractivity contribution in [3.05, 3.63) is 135 Å². The minimum absolute atomic E-state index is 0.00175. The van der Waals surface area contributed by atoms with Crippen LogP contribution in [0, 0.1) is 39.3 Å². The fourth-order valence-corrected chi connectivity index (χ4v) is 12.0. The number of amides is 4. The number of nitrogens with zero attached hydrogens (tertiary/aromatic N) is 12. The van der Waals surface area contributed by atoms with Gasteiger partial charge in [0.05, 0.1) is 65.7 Å². The molecule has 0 bridgehead atoms. The van der Waals surface area contributed by atoms with Crippen molar-refractivity contribution in [2.45, 2.75) is 116 Å². The second-order valence-corrected chi connectivity index (χ2v) is 22.9. The lowest BCUT2D eigenvalue weighted by molar-refractivity contribution is -0.606.